The van der Waals surface area contributed by atoms with E-state index in [0.717, 1.165) is 4.57 Å². The quantitative estimate of drug-likeness (QED) is 0.805. The Hall–Kier alpha value is -1.33. The maximum absolute atomic E-state index is 12.1. The van der Waals surface area contributed by atoms with E-state index in [4.69, 9.17) is 11.6 Å². The van der Waals surface area contributed by atoms with E-state index in [0.29, 0.717) is 20.9 Å². The van der Waals surface area contributed by atoms with E-state index >= 15 is 0 Å². The predicted octanol–water partition coefficient (Wildman–Crippen LogP) is 2.26. The zero-order valence-corrected chi connectivity index (χ0v) is 12.1. The maximum Gasteiger partial charge on any atom is 0.335 e. The van der Waals surface area contributed by atoms with Crippen molar-refractivity contribution in [3.63, 3.8) is 0 Å². The summed E-state index contributed by atoms with van der Waals surface area (Å²) in [4.78, 5) is 23.8. The predicted molar refractivity (Wildman–Crippen MR) is 74.7 cm³/mol. The van der Waals surface area contributed by atoms with Crippen molar-refractivity contribution in [2.24, 2.45) is 7.05 Å². The van der Waals surface area contributed by atoms with Crippen LogP contribution in [0.25, 0.3) is 5.69 Å². The minimum absolute atomic E-state index is 0.345. The summed E-state index contributed by atoms with van der Waals surface area (Å²) in [6.45, 7) is 1.71. The highest BCUT2D eigenvalue weighted by atomic mass is 79.9. The Labute approximate surface area is 117 Å². The average molecular weight is 330 g/mol. The minimum atomic E-state index is -0.386. The Balaban J connectivity index is 2.84. The fourth-order valence-electron chi connectivity index (χ4n) is 1.67. The van der Waals surface area contributed by atoms with Crippen molar-refractivity contribution >= 4 is 27.5 Å². The Morgan fingerprint density at radius 3 is 2.28 bits per heavy atom. The minimum Gasteiger partial charge on any atom is -0.268 e. The molecule has 0 N–H and O–H groups in total. The van der Waals surface area contributed by atoms with E-state index in [1.54, 1.807) is 31.2 Å². The fourth-order valence-corrected chi connectivity index (χ4v) is 2.24. The highest BCUT2D eigenvalue weighted by Gasteiger charge is 2.13. The standard InChI is InChI=1S/C12H10BrClN2O2/c1-7-10(13)11(17)15(2)12(18)16(7)9-5-3-8(14)4-6-9/h3-6H,1-2H3. The highest BCUT2D eigenvalue weighted by Crippen LogP contribution is 2.16. The second kappa shape index (κ2) is 4.74. The number of benzene rings is 1. The van der Waals surface area contributed by atoms with Gasteiger partial charge in [-0.1, -0.05) is 11.6 Å². The van der Waals surface area contributed by atoms with Gasteiger partial charge in [-0.25, -0.2) is 4.79 Å². The lowest BCUT2D eigenvalue weighted by molar-refractivity contribution is 0.705. The number of aromatic nitrogens is 2. The first-order valence-corrected chi connectivity index (χ1v) is 6.34. The van der Waals surface area contributed by atoms with Crippen molar-refractivity contribution in [2.45, 2.75) is 6.92 Å². The van der Waals surface area contributed by atoms with Crippen LogP contribution in [0, 0.1) is 6.92 Å². The summed E-state index contributed by atoms with van der Waals surface area (Å²) in [5.74, 6) is 0. The summed E-state index contributed by atoms with van der Waals surface area (Å²) in [5.41, 5.74) is 0.495. The summed E-state index contributed by atoms with van der Waals surface area (Å²) in [7, 11) is 1.45. The Bertz CT molecular complexity index is 717. The van der Waals surface area contributed by atoms with Gasteiger partial charge in [0.1, 0.15) is 4.47 Å². The molecule has 18 heavy (non-hydrogen) atoms. The molecular weight excluding hydrogens is 320 g/mol. The third kappa shape index (κ3) is 2.04. The second-order valence-corrected chi connectivity index (χ2v) is 5.09. The van der Waals surface area contributed by atoms with Gasteiger partial charge in [0.2, 0.25) is 0 Å². The van der Waals surface area contributed by atoms with Crippen molar-refractivity contribution < 1.29 is 0 Å². The first-order valence-electron chi connectivity index (χ1n) is 5.17. The van der Waals surface area contributed by atoms with Crippen LogP contribution < -0.4 is 11.2 Å². The molecule has 2 aromatic rings. The van der Waals surface area contributed by atoms with Crippen LogP contribution in [-0.2, 0) is 7.05 Å². The summed E-state index contributed by atoms with van der Waals surface area (Å²) in [6.07, 6.45) is 0. The van der Waals surface area contributed by atoms with Gasteiger partial charge in [-0.2, -0.15) is 0 Å². The van der Waals surface area contributed by atoms with E-state index in [1.807, 2.05) is 0 Å². The normalized spacial score (nSPS) is 10.7. The van der Waals surface area contributed by atoms with E-state index in [1.165, 1.54) is 11.6 Å². The molecule has 0 fully saturated rings. The molecule has 0 radical (unpaired) electrons. The molecule has 0 saturated heterocycles. The van der Waals surface area contributed by atoms with Crippen LogP contribution in [0.1, 0.15) is 5.69 Å². The largest absolute Gasteiger partial charge is 0.335 e. The smallest absolute Gasteiger partial charge is 0.268 e. The van der Waals surface area contributed by atoms with Gasteiger partial charge in [0.15, 0.2) is 0 Å². The lowest BCUT2D eigenvalue weighted by Gasteiger charge is -2.12. The molecule has 0 saturated carbocycles. The molecule has 0 amide bonds. The molecule has 0 aliphatic rings. The Morgan fingerprint density at radius 2 is 1.72 bits per heavy atom. The first kappa shape index (κ1) is 13.1. The van der Waals surface area contributed by atoms with Crippen LogP contribution in [0.4, 0.5) is 0 Å². The average Bonchev–Trinajstić information content (AvgIpc) is 2.36. The molecule has 1 aromatic heterocycles. The van der Waals surface area contributed by atoms with Crippen LogP contribution >= 0.6 is 27.5 Å². The first-order chi connectivity index (χ1) is 8.43. The summed E-state index contributed by atoms with van der Waals surface area (Å²) in [6, 6.07) is 6.85. The lowest BCUT2D eigenvalue weighted by Crippen LogP contribution is -2.39. The van der Waals surface area contributed by atoms with E-state index < -0.39 is 0 Å². The van der Waals surface area contributed by atoms with Crippen LogP contribution in [-0.4, -0.2) is 9.13 Å². The molecule has 4 nitrogen and oxygen atoms in total. The molecule has 0 unspecified atom stereocenters. The van der Waals surface area contributed by atoms with Gasteiger partial charge in [-0.05, 0) is 47.1 Å². The van der Waals surface area contributed by atoms with Gasteiger partial charge in [0.25, 0.3) is 5.56 Å². The second-order valence-electron chi connectivity index (χ2n) is 3.86. The van der Waals surface area contributed by atoms with Crippen LogP contribution in [0.5, 0.6) is 0 Å². The Morgan fingerprint density at radius 1 is 1.17 bits per heavy atom. The monoisotopic (exact) mass is 328 g/mol. The van der Waals surface area contributed by atoms with Crippen molar-refractivity contribution in [1.29, 1.82) is 0 Å². The van der Waals surface area contributed by atoms with Crippen molar-refractivity contribution in [3.8, 4) is 5.69 Å². The van der Waals surface area contributed by atoms with Crippen LogP contribution in [0.3, 0.4) is 0 Å². The number of rotatable bonds is 1. The lowest BCUT2D eigenvalue weighted by atomic mass is 10.3. The van der Waals surface area contributed by atoms with Gasteiger partial charge in [0.05, 0.1) is 5.69 Å². The molecule has 1 aromatic carbocycles. The maximum atomic E-state index is 12.1. The number of halogens is 2. The van der Waals surface area contributed by atoms with Gasteiger partial charge in [-0.15, -0.1) is 0 Å². The molecule has 2 rings (SSSR count). The van der Waals surface area contributed by atoms with Gasteiger partial charge in [-0.3, -0.25) is 13.9 Å². The molecule has 6 heteroatoms. The molecule has 0 aliphatic heterocycles. The Kier molecular flexibility index (Phi) is 3.45. The SMILES string of the molecule is Cc1c(Br)c(=O)n(C)c(=O)n1-c1ccc(Cl)cc1. The van der Waals surface area contributed by atoms with Crippen LogP contribution in [0.2, 0.25) is 5.02 Å². The third-order valence-electron chi connectivity index (χ3n) is 2.71. The molecule has 0 spiro atoms. The zero-order chi connectivity index (χ0) is 13.4. The third-order valence-corrected chi connectivity index (χ3v) is 3.87. The van der Waals surface area contributed by atoms with E-state index in [-0.39, 0.29) is 11.2 Å². The molecular formula is C12H10BrClN2O2. The fraction of sp³-hybridized carbons (Fsp3) is 0.167. The zero-order valence-electron chi connectivity index (χ0n) is 9.78. The molecule has 1 heterocycles. The van der Waals surface area contributed by atoms with Crippen molar-refractivity contribution in [2.75, 3.05) is 0 Å². The van der Waals surface area contributed by atoms with Crippen molar-refractivity contribution in [3.05, 3.63) is 60.3 Å². The van der Waals surface area contributed by atoms with Gasteiger partial charge in [0, 0.05) is 17.8 Å². The number of nitrogens with zero attached hydrogens (tertiary/aromatic N) is 2. The molecule has 94 valence electrons. The van der Waals surface area contributed by atoms with Crippen LogP contribution in [0.15, 0.2) is 38.3 Å². The summed E-state index contributed by atoms with van der Waals surface area (Å²) < 4.78 is 2.90. The molecule has 0 atom stereocenters. The topological polar surface area (TPSA) is 44.0 Å². The number of hydrogen-bond acceptors (Lipinski definition) is 2. The van der Waals surface area contributed by atoms with Gasteiger partial charge < -0.3 is 0 Å². The molecule has 0 aliphatic carbocycles. The number of hydrogen-bond donors (Lipinski definition) is 0. The van der Waals surface area contributed by atoms with E-state index in [9.17, 15) is 9.59 Å². The van der Waals surface area contributed by atoms with E-state index in [2.05, 4.69) is 15.9 Å². The van der Waals surface area contributed by atoms with Gasteiger partial charge >= 0.3 is 5.69 Å². The summed E-state index contributed by atoms with van der Waals surface area (Å²) in [5, 5.41) is 0.591. The van der Waals surface area contributed by atoms with Crippen molar-refractivity contribution in [1.82, 2.24) is 9.13 Å². The summed E-state index contributed by atoms with van der Waals surface area (Å²) >= 11 is 9.02. The molecule has 0 bridgehead atoms. The highest BCUT2D eigenvalue weighted by molar-refractivity contribution is 9.10.